The summed E-state index contributed by atoms with van der Waals surface area (Å²) >= 11 is 0. The summed E-state index contributed by atoms with van der Waals surface area (Å²) in [5.74, 6) is 3.15. The average molecular weight is 397 g/mol. The number of nitrogens with zero attached hydrogens (tertiary/aromatic N) is 1. The topological polar surface area (TPSA) is 24.5 Å². The van der Waals surface area contributed by atoms with Crippen molar-refractivity contribution >= 4 is 13.8 Å². The molecule has 0 bridgehead atoms. The zero-order chi connectivity index (χ0) is 19.7. The standard InChI is InChI=1S/C24H36N2OSi/c1-5-18-17-23-21(19-9-11-20(27-2)12-10-19)7-6-8-22(23)24(18)28(3,4)26-15-13-25-14-16-26/h6-12,18,22-25H,5,13-17H2,1-4H3. The van der Waals surface area contributed by atoms with E-state index in [1.807, 2.05) is 0 Å². The van der Waals surface area contributed by atoms with E-state index in [9.17, 15) is 0 Å². The van der Waals surface area contributed by atoms with Crippen LogP contribution in [0, 0.1) is 17.8 Å². The van der Waals surface area contributed by atoms with Crippen molar-refractivity contribution in [2.45, 2.75) is 38.4 Å². The molecule has 0 radical (unpaired) electrons. The summed E-state index contributed by atoms with van der Waals surface area (Å²) in [7, 11) is 0.228. The Morgan fingerprint density at radius 3 is 2.50 bits per heavy atom. The first-order valence-corrected chi connectivity index (χ1v) is 14.1. The summed E-state index contributed by atoms with van der Waals surface area (Å²) in [6.07, 6.45) is 9.92. The van der Waals surface area contributed by atoms with Crippen molar-refractivity contribution < 1.29 is 4.74 Å². The Morgan fingerprint density at radius 2 is 1.86 bits per heavy atom. The van der Waals surface area contributed by atoms with E-state index in [1.165, 1.54) is 31.5 Å². The third-order valence-electron chi connectivity index (χ3n) is 7.65. The van der Waals surface area contributed by atoms with Crippen LogP contribution >= 0.6 is 0 Å². The summed E-state index contributed by atoms with van der Waals surface area (Å²) in [6, 6.07) is 8.70. The van der Waals surface area contributed by atoms with Crippen LogP contribution in [0.15, 0.2) is 42.5 Å². The summed E-state index contributed by atoms with van der Waals surface area (Å²) in [6.45, 7) is 12.5. The molecule has 1 aliphatic heterocycles. The lowest BCUT2D eigenvalue weighted by atomic mass is 9.81. The fraction of sp³-hybridized carbons (Fsp3) is 0.583. The van der Waals surface area contributed by atoms with Gasteiger partial charge in [-0.05, 0) is 53.0 Å². The van der Waals surface area contributed by atoms with Crippen molar-refractivity contribution in [3.05, 3.63) is 48.1 Å². The van der Waals surface area contributed by atoms with Crippen LogP contribution < -0.4 is 10.1 Å². The highest BCUT2D eigenvalue weighted by Crippen LogP contribution is 2.58. The molecule has 3 nitrogen and oxygen atoms in total. The predicted molar refractivity (Wildman–Crippen MR) is 121 cm³/mol. The van der Waals surface area contributed by atoms with Gasteiger partial charge in [-0.2, -0.15) is 0 Å². The molecule has 0 aromatic heterocycles. The first-order chi connectivity index (χ1) is 13.6. The van der Waals surface area contributed by atoms with Crippen molar-refractivity contribution in [1.82, 2.24) is 9.88 Å². The highest BCUT2D eigenvalue weighted by atomic mass is 28.3. The molecule has 0 spiro atoms. The Bertz CT molecular complexity index is 733. The second-order valence-electron chi connectivity index (χ2n) is 9.24. The maximum Gasteiger partial charge on any atom is 0.126 e. The number of allylic oxidation sites excluding steroid dienone is 4. The van der Waals surface area contributed by atoms with Crippen LogP contribution in [0.2, 0.25) is 18.6 Å². The maximum absolute atomic E-state index is 5.37. The summed E-state index contributed by atoms with van der Waals surface area (Å²) in [4.78, 5) is 0. The van der Waals surface area contributed by atoms with Gasteiger partial charge in [-0.1, -0.05) is 56.8 Å². The molecule has 3 aliphatic rings. The number of nitrogens with one attached hydrogen (secondary N) is 1. The molecule has 1 aromatic rings. The molecule has 2 aliphatic carbocycles. The lowest BCUT2D eigenvalue weighted by molar-refractivity contribution is 0.337. The van der Waals surface area contributed by atoms with Crippen molar-refractivity contribution in [1.29, 1.82) is 0 Å². The fourth-order valence-electron chi connectivity index (χ4n) is 6.21. The van der Waals surface area contributed by atoms with Gasteiger partial charge in [0.2, 0.25) is 0 Å². The van der Waals surface area contributed by atoms with Gasteiger partial charge in [0.15, 0.2) is 0 Å². The molecule has 4 heteroatoms. The Labute approximate surface area is 171 Å². The molecule has 4 rings (SSSR count). The molecule has 0 amide bonds. The molecule has 152 valence electrons. The lowest BCUT2D eigenvalue weighted by Gasteiger charge is -2.47. The summed E-state index contributed by atoms with van der Waals surface area (Å²) in [5, 5.41) is 3.54. The summed E-state index contributed by atoms with van der Waals surface area (Å²) in [5.41, 5.74) is 3.76. The minimum Gasteiger partial charge on any atom is -0.497 e. The van der Waals surface area contributed by atoms with Gasteiger partial charge in [0.1, 0.15) is 14.0 Å². The molecule has 28 heavy (non-hydrogen) atoms. The van der Waals surface area contributed by atoms with Gasteiger partial charge in [-0.25, -0.2) is 0 Å². The van der Waals surface area contributed by atoms with Gasteiger partial charge in [0.25, 0.3) is 0 Å². The van der Waals surface area contributed by atoms with E-state index in [0.29, 0.717) is 11.8 Å². The third-order valence-corrected chi connectivity index (χ3v) is 12.2. The van der Waals surface area contributed by atoms with Crippen molar-refractivity contribution in [2.75, 3.05) is 33.3 Å². The van der Waals surface area contributed by atoms with Crippen LogP contribution in [0.1, 0.15) is 25.3 Å². The van der Waals surface area contributed by atoms with E-state index in [4.69, 9.17) is 4.74 Å². The van der Waals surface area contributed by atoms with Crippen LogP contribution in [0.25, 0.3) is 5.57 Å². The van der Waals surface area contributed by atoms with Gasteiger partial charge in [-0.15, -0.1) is 0 Å². The third kappa shape index (κ3) is 3.51. The number of hydrogen-bond acceptors (Lipinski definition) is 3. The number of fused-ring (bicyclic) bond motifs is 1. The Kier molecular flexibility index (Phi) is 5.82. The monoisotopic (exact) mass is 396 g/mol. The number of rotatable bonds is 5. The molecule has 1 saturated carbocycles. The number of hydrogen-bond donors (Lipinski definition) is 1. The molecule has 1 N–H and O–H groups in total. The maximum atomic E-state index is 5.37. The minimum atomic E-state index is -1.51. The number of methoxy groups -OCH3 is 1. The molecule has 2 fully saturated rings. The van der Waals surface area contributed by atoms with Crippen molar-refractivity contribution in [3.63, 3.8) is 0 Å². The van der Waals surface area contributed by atoms with Crippen LogP contribution in [0.4, 0.5) is 0 Å². The highest BCUT2D eigenvalue weighted by Gasteiger charge is 2.52. The van der Waals surface area contributed by atoms with Gasteiger partial charge in [0.05, 0.1) is 7.11 Å². The molecule has 4 atom stereocenters. The number of benzene rings is 1. The van der Waals surface area contributed by atoms with E-state index in [1.54, 1.807) is 12.7 Å². The van der Waals surface area contributed by atoms with E-state index >= 15 is 0 Å². The molecular weight excluding hydrogens is 360 g/mol. The van der Waals surface area contributed by atoms with E-state index in [0.717, 1.165) is 30.3 Å². The quantitative estimate of drug-likeness (QED) is 0.724. The first kappa shape index (κ1) is 19.9. The Balaban J connectivity index is 1.63. The Morgan fingerprint density at radius 1 is 1.14 bits per heavy atom. The largest absolute Gasteiger partial charge is 0.497 e. The average Bonchev–Trinajstić information content (AvgIpc) is 3.14. The van der Waals surface area contributed by atoms with Crippen molar-refractivity contribution in [3.8, 4) is 5.75 Å². The summed E-state index contributed by atoms with van der Waals surface area (Å²) < 4.78 is 8.26. The van der Waals surface area contributed by atoms with Crippen LogP contribution in [0.5, 0.6) is 5.75 Å². The van der Waals surface area contributed by atoms with Crippen LogP contribution in [-0.2, 0) is 0 Å². The van der Waals surface area contributed by atoms with Gasteiger partial charge < -0.3 is 14.6 Å². The van der Waals surface area contributed by atoms with E-state index in [-0.39, 0.29) is 0 Å². The van der Waals surface area contributed by atoms with Gasteiger partial charge in [-0.3, -0.25) is 0 Å². The van der Waals surface area contributed by atoms with E-state index < -0.39 is 8.24 Å². The first-order valence-electron chi connectivity index (χ1n) is 11.0. The molecule has 1 aromatic carbocycles. The molecular formula is C24H36N2OSi. The second kappa shape index (κ2) is 8.17. The number of piperazine rings is 1. The lowest BCUT2D eigenvalue weighted by Crippen LogP contribution is -2.60. The van der Waals surface area contributed by atoms with Crippen LogP contribution in [0.3, 0.4) is 0 Å². The fourth-order valence-corrected chi connectivity index (χ4v) is 10.8. The van der Waals surface area contributed by atoms with Crippen LogP contribution in [-0.4, -0.2) is 46.1 Å². The number of ether oxygens (including phenoxy) is 1. The molecule has 1 saturated heterocycles. The van der Waals surface area contributed by atoms with Gasteiger partial charge >= 0.3 is 0 Å². The highest BCUT2D eigenvalue weighted by molar-refractivity contribution is 6.76. The normalized spacial score (nSPS) is 30.8. The molecule has 4 unspecified atom stereocenters. The zero-order valence-corrected chi connectivity index (χ0v) is 18.9. The Hall–Kier alpha value is -1.36. The van der Waals surface area contributed by atoms with Gasteiger partial charge in [0, 0.05) is 26.2 Å². The van der Waals surface area contributed by atoms with Crippen molar-refractivity contribution in [2.24, 2.45) is 17.8 Å². The molecule has 1 heterocycles. The minimum absolute atomic E-state index is 0.669. The SMILES string of the molecule is CCC1CC2C(c3ccc(OC)cc3)=CC=CC2C1[Si](C)(C)N1CCNCC1. The smallest absolute Gasteiger partial charge is 0.126 e. The second-order valence-corrected chi connectivity index (χ2v) is 13.8. The zero-order valence-electron chi connectivity index (χ0n) is 17.9. The van der Waals surface area contributed by atoms with E-state index in [2.05, 4.69) is 72.4 Å². The predicted octanol–water partition coefficient (Wildman–Crippen LogP) is 4.79.